The van der Waals surface area contributed by atoms with Crippen LogP contribution in [0.1, 0.15) is 76.3 Å². The monoisotopic (exact) mass is 713 g/mol. The summed E-state index contributed by atoms with van der Waals surface area (Å²) >= 11 is 0. The van der Waals surface area contributed by atoms with Crippen LogP contribution in [0.25, 0.3) is 66.1 Å². The fourth-order valence-electron chi connectivity index (χ4n) is 9.95. The highest BCUT2D eigenvalue weighted by atomic mass is 16.3. The highest BCUT2D eigenvalue weighted by Gasteiger charge is 2.41. The summed E-state index contributed by atoms with van der Waals surface area (Å²) in [6.07, 6.45) is 0. The van der Waals surface area contributed by atoms with Crippen LogP contribution in [0.4, 0.5) is 17.1 Å². The molecule has 2 aliphatic carbocycles. The van der Waals surface area contributed by atoms with Crippen molar-refractivity contribution in [2.24, 2.45) is 0 Å². The van der Waals surface area contributed by atoms with E-state index in [0.717, 1.165) is 55.6 Å². The molecule has 0 unspecified atom stereocenters. The second-order valence-electron chi connectivity index (χ2n) is 17.7. The number of benzene rings is 7. The van der Waals surface area contributed by atoms with Crippen molar-refractivity contribution in [3.63, 3.8) is 0 Å². The predicted molar refractivity (Wildman–Crippen MR) is 230 cm³/mol. The van der Waals surface area contributed by atoms with Crippen molar-refractivity contribution in [3.05, 3.63) is 161 Å². The molecule has 268 valence electrons. The molecule has 0 atom stereocenters. The van der Waals surface area contributed by atoms with E-state index in [-0.39, 0.29) is 16.2 Å². The highest BCUT2D eigenvalue weighted by Crippen LogP contribution is 2.59. The predicted octanol–water partition coefficient (Wildman–Crippen LogP) is 14.9. The first-order valence-electron chi connectivity index (χ1n) is 19.5. The Morgan fingerprint density at radius 1 is 0.455 bits per heavy atom. The summed E-state index contributed by atoms with van der Waals surface area (Å²) in [5.41, 5.74) is 18.4. The Balaban J connectivity index is 1.24. The lowest BCUT2D eigenvalue weighted by atomic mass is 9.82. The van der Waals surface area contributed by atoms with Crippen LogP contribution in [-0.4, -0.2) is 0 Å². The zero-order chi connectivity index (χ0) is 37.6. The normalized spacial score (nSPS) is 15.1. The molecule has 9 aromatic rings. The van der Waals surface area contributed by atoms with Crippen LogP contribution < -0.4 is 4.90 Å². The summed E-state index contributed by atoms with van der Waals surface area (Å²) in [5.74, 6) is 0. The van der Waals surface area contributed by atoms with Gasteiger partial charge < -0.3 is 13.7 Å². The number of hydrogen-bond donors (Lipinski definition) is 0. The van der Waals surface area contributed by atoms with E-state index in [1.807, 2.05) is 0 Å². The number of nitrogens with zero attached hydrogens (tertiary/aromatic N) is 1. The minimum atomic E-state index is -0.231. The van der Waals surface area contributed by atoms with E-state index in [0.29, 0.717) is 0 Å². The third-order valence-electron chi connectivity index (χ3n) is 12.8. The van der Waals surface area contributed by atoms with Crippen LogP contribution >= 0.6 is 0 Å². The maximum atomic E-state index is 6.74. The molecule has 2 heterocycles. The Morgan fingerprint density at radius 3 is 1.95 bits per heavy atom. The molecule has 0 saturated carbocycles. The molecule has 0 fully saturated rings. The van der Waals surface area contributed by atoms with Crippen molar-refractivity contribution in [3.8, 4) is 22.3 Å². The second kappa shape index (κ2) is 10.8. The van der Waals surface area contributed by atoms with Gasteiger partial charge in [-0.3, -0.25) is 0 Å². The van der Waals surface area contributed by atoms with E-state index in [2.05, 4.69) is 187 Å². The van der Waals surface area contributed by atoms with E-state index in [9.17, 15) is 0 Å². The molecule has 0 N–H and O–H groups in total. The number of furan rings is 2. The van der Waals surface area contributed by atoms with Crippen molar-refractivity contribution in [2.75, 3.05) is 4.90 Å². The minimum absolute atomic E-state index is 0.0153. The van der Waals surface area contributed by atoms with Crippen LogP contribution in [0, 0.1) is 0 Å². The molecule has 3 heteroatoms. The van der Waals surface area contributed by atoms with Gasteiger partial charge in [-0.1, -0.05) is 133 Å². The van der Waals surface area contributed by atoms with E-state index in [1.165, 1.54) is 55.5 Å². The van der Waals surface area contributed by atoms with Gasteiger partial charge >= 0.3 is 0 Å². The van der Waals surface area contributed by atoms with Crippen LogP contribution in [0.5, 0.6) is 0 Å². The van der Waals surface area contributed by atoms with Gasteiger partial charge in [-0.2, -0.15) is 0 Å². The Hall–Kier alpha value is -6.06. The molecule has 0 aliphatic heterocycles. The first kappa shape index (κ1) is 32.4. The minimum Gasteiger partial charge on any atom is -0.456 e. The summed E-state index contributed by atoms with van der Waals surface area (Å²) in [6, 6.07) is 49.1. The van der Waals surface area contributed by atoms with Gasteiger partial charge in [0.2, 0.25) is 0 Å². The Morgan fingerprint density at radius 2 is 1.09 bits per heavy atom. The molecule has 0 saturated heterocycles. The lowest BCUT2D eigenvalue weighted by Gasteiger charge is -2.31. The molecule has 3 nitrogen and oxygen atoms in total. The first-order chi connectivity index (χ1) is 26.4. The number of anilines is 3. The SMILES string of the molecule is CC(C)(C)c1ccc2c(c1)oc1ccc3c(c12)-c1c(N(c2ccc4c(c2)C(C)(C)c2ccccc2-4)c2cccc4oc5ccccc5c24)cccc1C3(C)C. The number of fused-ring (bicyclic) bond motifs is 13. The maximum absolute atomic E-state index is 6.74. The lowest BCUT2D eigenvalue weighted by molar-refractivity contribution is 0.587. The van der Waals surface area contributed by atoms with Gasteiger partial charge in [0.1, 0.15) is 22.3 Å². The summed E-state index contributed by atoms with van der Waals surface area (Å²) in [6.45, 7) is 16.2. The van der Waals surface area contributed by atoms with Crippen molar-refractivity contribution < 1.29 is 8.83 Å². The largest absolute Gasteiger partial charge is 0.456 e. The molecule has 0 radical (unpaired) electrons. The Kier molecular flexibility index (Phi) is 6.35. The van der Waals surface area contributed by atoms with Crippen LogP contribution in [0.2, 0.25) is 0 Å². The molecular weight excluding hydrogens is 671 g/mol. The van der Waals surface area contributed by atoms with Crippen LogP contribution in [0.15, 0.2) is 142 Å². The molecular formula is C52H43NO2. The van der Waals surface area contributed by atoms with Gasteiger partial charge in [0.25, 0.3) is 0 Å². The summed E-state index contributed by atoms with van der Waals surface area (Å²) in [7, 11) is 0. The van der Waals surface area contributed by atoms with Gasteiger partial charge in [-0.05, 0) is 98.5 Å². The number of hydrogen-bond acceptors (Lipinski definition) is 3. The fourth-order valence-corrected chi connectivity index (χ4v) is 9.95. The average molecular weight is 714 g/mol. The molecule has 0 bridgehead atoms. The molecule has 55 heavy (non-hydrogen) atoms. The fraction of sp³-hybridized carbons (Fsp3) is 0.192. The van der Waals surface area contributed by atoms with Crippen molar-refractivity contribution in [2.45, 2.75) is 64.7 Å². The Bertz CT molecular complexity index is 3090. The first-order valence-corrected chi connectivity index (χ1v) is 19.5. The van der Waals surface area contributed by atoms with Gasteiger partial charge in [0, 0.05) is 38.2 Å². The standard InChI is InChI=1S/C52H43NO2/c1-50(2,3)30-22-24-35-45(28-30)55-44-27-26-38-49(47(35)44)48-37(52(38,6)7)17-12-18-41(48)53(40-19-13-21-43-46(40)34-15-9-11-20-42(34)54-43)31-23-25-33-32-14-8-10-16-36(32)51(4,5)39(33)29-31/h8-29H,1-7H3. The molecule has 2 aromatic heterocycles. The number of para-hydroxylation sites is 1. The molecule has 2 aliphatic rings. The van der Waals surface area contributed by atoms with Crippen molar-refractivity contribution in [1.29, 1.82) is 0 Å². The second-order valence-corrected chi connectivity index (χ2v) is 17.7. The van der Waals surface area contributed by atoms with E-state index in [1.54, 1.807) is 0 Å². The van der Waals surface area contributed by atoms with Gasteiger partial charge in [-0.15, -0.1) is 0 Å². The van der Waals surface area contributed by atoms with E-state index < -0.39 is 0 Å². The zero-order valence-corrected chi connectivity index (χ0v) is 32.5. The van der Waals surface area contributed by atoms with E-state index in [4.69, 9.17) is 8.83 Å². The van der Waals surface area contributed by atoms with Crippen LogP contribution in [0.3, 0.4) is 0 Å². The third kappa shape index (κ3) is 4.33. The van der Waals surface area contributed by atoms with Crippen molar-refractivity contribution >= 4 is 60.9 Å². The smallest absolute Gasteiger partial charge is 0.137 e. The van der Waals surface area contributed by atoms with E-state index >= 15 is 0 Å². The van der Waals surface area contributed by atoms with Gasteiger partial charge in [0.05, 0.1) is 16.8 Å². The molecule has 11 rings (SSSR count). The zero-order valence-electron chi connectivity index (χ0n) is 32.5. The quantitative estimate of drug-likeness (QED) is 0.183. The summed E-state index contributed by atoms with van der Waals surface area (Å²) in [5, 5.41) is 4.56. The highest BCUT2D eigenvalue weighted by molar-refractivity contribution is 6.18. The molecule has 7 aromatic carbocycles. The molecule has 0 spiro atoms. The summed E-state index contributed by atoms with van der Waals surface area (Å²) in [4.78, 5) is 2.51. The third-order valence-corrected chi connectivity index (χ3v) is 12.8. The number of rotatable bonds is 3. The van der Waals surface area contributed by atoms with Gasteiger partial charge in [0.15, 0.2) is 0 Å². The lowest BCUT2D eigenvalue weighted by Crippen LogP contribution is -2.17. The Labute approximate surface area is 321 Å². The molecule has 0 amide bonds. The van der Waals surface area contributed by atoms with Gasteiger partial charge in [-0.25, -0.2) is 0 Å². The van der Waals surface area contributed by atoms with Crippen LogP contribution in [-0.2, 0) is 16.2 Å². The maximum Gasteiger partial charge on any atom is 0.137 e. The topological polar surface area (TPSA) is 29.5 Å². The average Bonchev–Trinajstić information content (AvgIpc) is 3.87. The summed E-state index contributed by atoms with van der Waals surface area (Å²) < 4.78 is 13.3. The van der Waals surface area contributed by atoms with Crippen molar-refractivity contribution in [1.82, 2.24) is 0 Å².